The van der Waals surface area contributed by atoms with Gasteiger partial charge in [-0.1, -0.05) is 6.07 Å². The smallest absolute Gasteiger partial charge is 0.379 e. The van der Waals surface area contributed by atoms with Crippen molar-refractivity contribution in [1.82, 2.24) is 14.7 Å². The van der Waals surface area contributed by atoms with E-state index in [1.165, 1.54) is 11.1 Å². The molecular weight excluding hydrogens is 367 g/mol. The first-order chi connectivity index (χ1) is 13.5. The monoisotopic (exact) mass is 391 g/mol. The van der Waals surface area contributed by atoms with Crippen LogP contribution in [0, 0.1) is 0 Å². The minimum atomic E-state index is -4.40. The van der Waals surface area contributed by atoms with Crippen molar-refractivity contribution in [3.63, 3.8) is 0 Å². The highest BCUT2D eigenvalue weighted by atomic mass is 19.4. The number of rotatable bonds is 2. The first-order valence-electron chi connectivity index (χ1n) is 10.1. The summed E-state index contributed by atoms with van der Waals surface area (Å²) in [6.45, 7) is 3.45. The number of alkyl halides is 3. The number of aromatic nitrogens is 2. The van der Waals surface area contributed by atoms with Crippen molar-refractivity contribution in [3.8, 4) is 5.69 Å². The number of benzene rings is 1. The lowest BCUT2D eigenvalue weighted by molar-refractivity contribution is -0.142. The number of morpholine rings is 1. The van der Waals surface area contributed by atoms with E-state index >= 15 is 0 Å². The van der Waals surface area contributed by atoms with E-state index in [4.69, 9.17) is 4.74 Å². The van der Waals surface area contributed by atoms with Crippen molar-refractivity contribution in [1.29, 1.82) is 0 Å². The quantitative estimate of drug-likeness (QED) is 0.784. The summed E-state index contributed by atoms with van der Waals surface area (Å²) >= 11 is 0. The maximum absolute atomic E-state index is 13.5. The molecule has 1 saturated heterocycles. The van der Waals surface area contributed by atoms with E-state index in [0.29, 0.717) is 24.4 Å². The predicted octanol–water partition coefficient (Wildman–Crippen LogP) is 3.57. The van der Waals surface area contributed by atoms with Crippen molar-refractivity contribution < 1.29 is 17.9 Å². The van der Waals surface area contributed by atoms with Crippen LogP contribution in [0.2, 0.25) is 0 Å². The fourth-order valence-corrected chi connectivity index (χ4v) is 4.95. The molecule has 0 spiro atoms. The van der Waals surface area contributed by atoms with Crippen LogP contribution in [0.4, 0.5) is 13.2 Å². The van der Waals surface area contributed by atoms with Gasteiger partial charge in [-0.3, -0.25) is 4.90 Å². The second-order valence-corrected chi connectivity index (χ2v) is 8.05. The van der Waals surface area contributed by atoms with Crippen LogP contribution in [-0.4, -0.2) is 47.0 Å². The molecule has 150 valence electrons. The molecule has 2 aliphatic carbocycles. The maximum atomic E-state index is 13.5. The number of hydrogen-bond donors (Lipinski definition) is 0. The molecule has 2 aromatic rings. The Kier molecular flexibility index (Phi) is 4.47. The second kappa shape index (κ2) is 6.88. The Labute approximate surface area is 162 Å². The number of hydrogen-bond acceptors (Lipinski definition) is 3. The molecule has 0 saturated carbocycles. The zero-order valence-electron chi connectivity index (χ0n) is 15.8. The summed E-state index contributed by atoms with van der Waals surface area (Å²) < 4.78 is 47.5. The second-order valence-electron chi connectivity index (χ2n) is 8.05. The molecule has 28 heavy (non-hydrogen) atoms. The molecule has 1 aromatic carbocycles. The maximum Gasteiger partial charge on any atom is 0.435 e. The summed E-state index contributed by atoms with van der Waals surface area (Å²) in [5, 5.41) is 4.03. The van der Waals surface area contributed by atoms with Crippen molar-refractivity contribution in [2.75, 3.05) is 26.3 Å². The first-order valence-corrected chi connectivity index (χ1v) is 10.1. The molecule has 3 aliphatic rings. The van der Waals surface area contributed by atoms with E-state index in [0.717, 1.165) is 63.4 Å². The van der Waals surface area contributed by atoms with Crippen molar-refractivity contribution in [3.05, 3.63) is 46.3 Å². The Morgan fingerprint density at radius 3 is 2.54 bits per heavy atom. The minimum absolute atomic E-state index is 0.394. The molecule has 1 fully saturated rings. The average molecular weight is 391 g/mol. The summed E-state index contributed by atoms with van der Waals surface area (Å²) in [6, 6.07) is 6.53. The van der Waals surface area contributed by atoms with E-state index in [2.05, 4.69) is 22.1 Å². The van der Waals surface area contributed by atoms with Crippen LogP contribution in [0.3, 0.4) is 0 Å². The molecule has 1 aliphatic heterocycles. The molecule has 1 aromatic heterocycles. The summed E-state index contributed by atoms with van der Waals surface area (Å²) in [5.41, 5.74) is 3.73. The summed E-state index contributed by atoms with van der Waals surface area (Å²) in [7, 11) is 0. The van der Waals surface area contributed by atoms with Gasteiger partial charge in [0.15, 0.2) is 5.69 Å². The van der Waals surface area contributed by atoms with Gasteiger partial charge in [0, 0.05) is 30.4 Å². The Morgan fingerprint density at radius 2 is 1.75 bits per heavy atom. The highest BCUT2D eigenvalue weighted by Gasteiger charge is 2.40. The third kappa shape index (κ3) is 3.14. The summed E-state index contributed by atoms with van der Waals surface area (Å²) in [4.78, 5) is 2.47. The molecule has 0 radical (unpaired) electrons. The Bertz CT molecular complexity index is 884. The van der Waals surface area contributed by atoms with Gasteiger partial charge < -0.3 is 4.74 Å². The lowest BCUT2D eigenvalue weighted by Gasteiger charge is -2.32. The van der Waals surface area contributed by atoms with Gasteiger partial charge in [-0.25, -0.2) is 4.68 Å². The molecule has 0 unspecified atom stereocenters. The largest absolute Gasteiger partial charge is 0.435 e. The van der Waals surface area contributed by atoms with Crippen LogP contribution in [0.5, 0.6) is 0 Å². The highest BCUT2D eigenvalue weighted by Crippen LogP contribution is 2.37. The molecule has 4 nitrogen and oxygen atoms in total. The minimum Gasteiger partial charge on any atom is -0.379 e. The summed E-state index contributed by atoms with van der Waals surface area (Å²) in [6.07, 6.45) is 0.386. The Hall–Kier alpha value is -1.86. The standard InChI is InChI=1S/C21H24F3N3O/c22-21(23,24)20-18-3-1-2-4-19(18)27(25-20)16-6-5-14-11-17(13-15(14)12-16)26-7-9-28-10-8-26/h5-6,12,17H,1-4,7-11,13H2/t17-/m1/s1. The van der Waals surface area contributed by atoms with Gasteiger partial charge in [0.2, 0.25) is 0 Å². The van der Waals surface area contributed by atoms with Crippen LogP contribution in [-0.2, 0) is 36.6 Å². The predicted molar refractivity (Wildman–Crippen MR) is 98.8 cm³/mol. The fourth-order valence-electron chi connectivity index (χ4n) is 4.95. The zero-order valence-corrected chi connectivity index (χ0v) is 15.8. The van der Waals surface area contributed by atoms with Gasteiger partial charge in [0.25, 0.3) is 0 Å². The van der Waals surface area contributed by atoms with Crippen LogP contribution in [0.15, 0.2) is 18.2 Å². The number of ether oxygens (including phenoxy) is 1. The topological polar surface area (TPSA) is 30.3 Å². The number of halogens is 3. The summed E-state index contributed by atoms with van der Waals surface area (Å²) in [5.74, 6) is 0. The number of fused-ring (bicyclic) bond motifs is 2. The van der Waals surface area contributed by atoms with Gasteiger partial charge in [-0.2, -0.15) is 18.3 Å². The molecule has 0 N–H and O–H groups in total. The SMILES string of the molecule is FC(F)(F)c1nn(-c2ccc3c(c2)C[C@H](N2CCOCC2)C3)c2c1CCCC2. The third-order valence-electron chi connectivity index (χ3n) is 6.36. The van der Waals surface area contributed by atoms with E-state index in [-0.39, 0.29) is 0 Å². The van der Waals surface area contributed by atoms with Gasteiger partial charge in [-0.15, -0.1) is 0 Å². The first kappa shape index (κ1) is 18.2. The van der Waals surface area contributed by atoms with E-state index in [9.17, 15) is 13.2 Å². The molecular formula is C21H24F3N3O. The zero-order chi connectivity index (χ0) is 19.3. The Morgan fingerprint density at radius 1 is 1.00 bits per heavy atom. The van der Waals surface area contributed by atoms with E-state index < -0.39 is 11.9 Å². The third-order valence-corrected chi connectivity index (χ3v) is 6.36. The normalized spacial score (nSPS) is 22.9. The van der Waals surface area contributed by atoms with Gasteiger partial charge >= 0.3 is 6.18 Å². The van der Waals surface area contributed by atoms with Gasteiger partial charge in [0.05, 0.1) is 18.9 Å². The van der Waals surface area contributed by atoms with Crippen LogP contribution in [0.25, 0.3) is 5.69 Å². The van der Waals surface area contributed by atoms with Crippen LogP contribution < -0.4 is 0 Å². The Balaban J connectivity index is 1.47. The lowest BCUT2D eigenvalue weighted by Crippen LogP contribution is -2.43. The van der Waals surface area contributed by atoms with Crippen molar-refractivity contribution in [2.24, 2.45) is 0 Å². The van der Waals surface area contributed by atoms with Crippen molar-refractivity contribution in [2.45, 2.75) is 50.7 Å². The average Bonchev–Trinajstić information content (AvgIpc) is 3.29. The molecule has 5 rings (SSSR count). The molecule has 2 heterocycles. The lowest BCUT2D eigenvalue weighted by atomic mass is 9.95. The van der Waals surface area contributed by atoms with Gasteiger partial charge in [-0.05, 0) is 61.8 Å². The fraction of sp³-hybridized carbons (Fsp3) is 0.571. The van der Waals surface area contributed by atoms with Crippen LogP contribution >= 0.6 is 0 Å². The van der Waals surface area contributed by atoms with Crippen molar-refractivity contribution >= 4 is 0 Å². The van der Waals surface area contributed by atoms with Crippen LogP contribution in [0.1, 0.15) is 40.9 Å². The molecule has 7 heteroatoms. The number of nitrogens with zero attached hydrogens (tertiary/aromatic N) is 3. The molecule has 0 amide bonds. The molecule has 0 bridgehead atoms. The van der Waals surface area contributed by atoms with E-state index in [1.807, 2.05) is 6.07 Å². The van der Waals surface area contributed by atoms with Gasteiger partial charge in [0.1, 0.15) is 0 Å². The molecule has 1 atom stereocenters. The van der Waals surface area contributed by atoms with E-state index in [1.54, 1.807) is 4.68 Å². The highest BCUT2D eigenvalue weighted by molar-refractivity contribution is 5.46.